The van der Waals surface area contributed by atoms with Crippen LogP contribution in [0.2, 0.25) is 0 Å². The zero-order valence-electron chi connectivity index (χ0n) is 14.5. The number of hydrogen-bond acceptors (Lipinski definition) is 4. The molecule has 0 fully saturated rings. The topological polar surface area (TPSA) is 67.8 Å². The molecule has 0 heterocycles. The quantitative estimate of drug-likeness (QED) is 0.684. The fourth-order valence-electron chi connectivity index (χ4n) is 2.37. The number of ether oxygens (including phenoxy) is 2. The van der Waals surface area contributed by atoms with Gasteiger partial charge in [0.1, 0.15) is 0 Å². The van der Waals surface area contributed by atoms with Crippen LogP contribution >= 0.6 is 15.9 Å². The summed E-state index contributed by atoms with van der Waals surface area (Å²) in [5.74, 6) is 0.496. The molecule has 0 unspecified atom stereocenters. The van der Waals surface area contributed by atoms with Crippen molar-refractivity contribution in [3.05, 3.63) is 57.6 Å². The van der Waals surface area contributed by atoms with E-state index in [1.807, 2.05) is 38.1 Å². The number of carboxylic acids is 1. The Balaban J connectivity index is 2.10. The minimum atomic E-state index is -0.921. The van der Waals surface area contributed by atoms with Crippen molar-refractivity contribution in [1.29, 1.82) is 0 Å². The maximum absolute atomic E-state index is 10.9. The second kappa shape index (κ2) is 8.87. The van der Waals surface area contributed by atoms with Gasteiger partial charge in [0.05, 0.1) is 18.8 Å². The van der Waals surface area contributed by atoms with E-state index in [-0.39, 0.29) is 11.7 Å². The molecule has 0 radical (unpaired) electrons. The number of methoxy groups -OCH3 is 1. The average molecular weight is 408 g/mol. The normalized spacial score (nSPS) is 10.8. The zero-order valence-corrected chi connectivity index (χ0v) is 16.1. The molecule has 0 aliphatic heterocycles. The van der Waals surface area contributed by atoms with Crippen LogP contribution in [-0.4, -0.2) is 24.3 Å². The van der Waals surface area contributed by atoms with Gasteiger partial charge >= 0.3 is 5.97 Å². The number of carboxylic acid groups (broad SMARTS) is 1. The van der Waals surface area contributed by atoms with Crippen LogP contribution in [0.25, 0.3) is 0 Å². The van der Waals surface area contributed by atoms with Gasteiger partial charge in [0.25, 0.3) is 0 Å². The summed E-state index contributed by atoms with van der Waals surface area (Å²) in [5.41, 5.74) is 2.28. The molecule has 134 valence electrons. The van der Waals surface area contributed by atoms with E-state index in [9.17, 15) is 4.79 Å². The minimum absolute atomic E-state index is 0.0329. The first-order valence-corrected chi connectivity index (χ1v) is 8.76. The van der Waals surface area contributed by atoms with Crippen LogP contribution in [0.4, 0.5) is 0 Å². The van der Waals surface area contributed by atoms with Gasteiger partial charge in [-0.15, -0.1) is 0 Å². The monoisotopic (exact) mass is 407 g/mol. The predicted molar refractivity (Wildman–Crippen MR) is 100 cm³/mol. The highest BCUT2D eigenvalue weighted by atomic mass is 79.9. The Bertz CT molecular complexity index is 729. The maximum Gasteiger partial charge on any atom is 0.335 e. The first kappa shape index (κ1) is 19.3. The summed E-state index contributed by atoms with van der Waals surface area (Å²) in [6, 6.07) is 10.6. The molecule has 0 spiro atoms. The molecule has 2 N–H and O–H groups in total. The van der Waals surface area contributed by atoms with Crippen LogP contribution in [0.15, 0.2) is 40.9 Å². The van der Waals surface area contributed by atoms with E-state index in [1.54, 1.807) is 19.2 Å². The van der Waals surface area contributed by atoms with E-state index in [0.29, 0.717) is 18.8 Å². The number of aromatic carboxylic acids is 1. The van der Waals surface area contributed by atoms with Crippen molar-refractivity contribution in [1.82, 2.24) is 5.32 Å². The summed E-state index contributed by atoms with van der Waals surface area (Å²) in [6.45, 7) is 5.15. The fraction of sp³-hybridized carbons (Fsp3) is 0.316. The molecule has 2 aromatic carbocycles. The van der Waals surface area contributed by atoms with Crippen molar-refractivity contribution < 1.29 is 19.4 Å². The molecule has 0 saturated heterocycles. The lowest BCUT2D eigenvalue weighted by molar-refractivity contribution is 0.0697. The van der Waals surface area contributed by atoms with Crippen LogP contribution in [0.5, 0.6) is 11.5 Å². The number of benzene rings is 2. The number of rotatable bonds is 8. The van der Waals surface area contributed by atoms with Gasteiger partial charge in [0.15, 0.2) is 11.5 Å². The van der Waals surface area contributed by atoms with Crippen molar-refractivity contribution in [2.75, 3.05) is 7.11 Å². The Labute approximate surface area is 156 Å². The van der Waals surface area contributed by atoms with E-state index in [4.69, 9.17) is 14.6 Å². The van der Waals surface area contributed by atoms with Gasteiger partial charge in [-0.05, 0) is 43.7 Å². The summed E-state index contributed by atoms with van der Waals surface area (Å²) in [5, 5.41) is 12.3. The predicted octanol–water partition coefficient (Wildman–Crippen LogP) is 4.23. The molecule has 0 aliphatic rings. The molecule has 0 bridgehead atoms. The molecule has 6 heteroatoms. The summed E-state index contributed by atoms with van der Waals surface area (Å²) in [6.07, 6.45) is 0.0329. The van der Waals surface area contributed by atoms with Crippen LogP contribution in [-0.2, 0) is 13.1 Å². The Kier molecular flexibility index (Phi) is 6.84. The van der Waals surface area contributed by atoms with Crippen molar-refractivity contribution in [3.63, 3.8) is 0 Å². The van der Waals surface area contributed by atoms with Gasteiger partial charge in [-0.2, -0.15) is 0 Å². The third kappa shape index (κ3) is 5.21. The number of hydrogen-bond donors (Lipinski definition) is 2. The molecule has 25 heavy (non-hydrogen) atoms. The highest BCUT2D eigenvalue weighted by Gasteiger charge is 2.15. The van der Waals surface area contributed by atoms with Crippen LogP contribution < -0.4 is 14.8 Å². The Morgan fingerprint density at radius 2 is 1.84 bits per heavy atom. The summed E-state index contributed by atoms with van der Waals surface area (Å²) < 4.78 is 12.3. The van der Waals surface area contributed by atoms with Gasteiger partial charge in [-0.3, -0.25) is 0 Å². The molecule has 0 atom stereocenters. The lowest BCUT2D eigenvalue weighted by Gasteiger charge is -2.19. The second-order valence-electron chi connectivity index (χ2n) is 5.83. The van der Waals surface area contributed by atoms with Crippen LogP contribution in [0, 0.1) is 0 Å². The molecule has 2 rings (SSSR count). The van der Waals surface area contributed by atoms with E-state index in [0.717, 1.165) is 21.3 Å². The Morgan fingerprint density at radius 1 is 1.16 bits per heavy atom. The highest BCUT2D eigenvalue weighted by Crippen LogP contribution is 2.36. The highest BCUT2D eigenvalue weighted by molar-refractivity contribution is 9.10. The van der Waals surface area contributed by atoms with Crippen molar-refractivity contribution in [3.8, 4) is 11.5 Å². The Hall–Kier alpha value is -2.05. The van der Waals surface area contributed by atoms with Crippen molar-refractivity contribution in [2.45, 2.75) is 33.0 Å². The van der Waals surface area contributed by atoms with Crippen molar-refractivity contribution in [2.24, 2.45) is 0 Å². The zero-order chi connectivity index (χ0) is 18.4. The van der Waals surface area contributed by atoms with Gasteiger partial charge in [-0.25, -0.2) is 4.79 Å². The van der Waals surface area contributed by atoms with Gasteiger partial charge < -0.3 is 19.9 Å². The standard InChI is InChI=1S/C19H22BrNO4/c1-12(2)25-18-15(16(20)8-9-17(18)24-3)11-21-10-13-4-6-14(7-5-13)19(22)23/h4-9,12,21H,10-11H2,1-3H3,(H,22,23). The first-order chi connectivity index (χ1) is 11.9. The Morgan fingerprint density at radius 3 is 2.40 bits per heavy atom. The lowest BCUT2D eigenvalue weighted by atomic mass is 10.1. The summed E-state index contributed by atoms with van der Waals surface area (Å²) in [4.78, 5) is 10.9. The fourth-order valence-corrected chi connectivity index (χ4v) is 2.82. The third-order valence-corrected chi connectivity index (χ3v) is 4.32. The van der Waals surface area contributed by atoms with E-state index in [1.165, 1.54) is 0 Å². The van der Waals surface area contributed by atoms with Crippen molar-refractivity contribution >= 4 is 21.9 Å². The molecule has 0 saturated carbocycles. The first-order valence-electron chi connectivity index (χ1n) is 7.97. The van der Waals surface area contributed by atoms with Gasteiger partial charge in [0, 0.05) is 23.1 Å². The molecule has 0 aliphatic carbocycles. The lowest BCUT2D eigenvalue weighted by Crippen LogP contribution is -2.16. The maximum atomic E-state index is 10.9. The van der Waals surface area contributed by atoms with Gasteiger partial charge in [-0.1, -0.05) is 28.1 Å². The molecule has 5 nitrogen and oxygen atoms in total. The molecule has 0 aromatic heterocycles. The smallest absolute Gasteiger partial charge is 0.335 e. The van der Waals surface area contributed by atoms with Gasteiger partial charge in [0.2, 0.25) is 0 Å². The molecule has 0 amide bonds. The van der Waals surface area contributed by atoms with E-state index in [2.05, 4.69) is 21.2 Å². The number of halogens is 1. The van der Waals surface area contributed by atoms with Crippen LogP contribution in [0.3, 0.4) is 0 Å². The minimum Gasteiger partial charge on any atom is -0.493 e. The number of carbonyl (C=O) groups is 1. The average Bonchev–Trinajstić information content (AvgIpc) is 2.57. The molecular weight excluding hydrogens is 386 g/mol. The summed E-state index contributed by atoms with van der Waals surface area (Å²) in [7, 11) is 1.62. The van der Waals surface area contributed by atoms with Crippen LogP contribution in [0.1, 0.15) is 35.3 Å². The number of nitrogens with one attached hydrogen (secondary N) is 1. The SMILES string of the molecule is COc1ccc(Br)c(CNCc2ccc(C(=O)O)cc2)c1OC(C)C. The molecule has 2 aromatic rings. The molecular formula is C19H22BrNO4. The van der Waals surface area contributed by atoms with E-state index >= 15 is 0 Å². The second-order valence-corrected chi connectivity index (χ2v) is 6.68. The summed E-state index contributed by atoms with van der Waals surface area (Å²) >= 11 is 3.57. The largest absolute Gasteiger partial charge is 0.493 e. The van der Waals surface area contributed by atoms with E-state index < -0.39 is 5.97 Å². The third-order valence-electron chi connectivity index (χ3n) is 3.57.